The summed E-state index contributed by atoms with van der Waals surface area (Å²) in [5.41, 5.74) is 1.04. The second-order valence-corrected chi connectivity index (χ2v) is 7.70. The first kappa shape index (κ1) is 15.7. The Morgan fingerprint density at radius 1 is 1.29 bits per heavy atom. The number of amides is 2. The van der Waals surface area contributed by atoms with Crippen molar-refractivity contribution in [2.75, 3.05) is 24.5 Å². The molecule has 1 aliphatic carbocycles. The summed E-state index contributed by atoms with van der Waals surface area (Å²) >= 11 is 0. The predicted molar refractivity (Wildman–Crippen MR) is 90.7 cm³/mol. The van der Waals surface area contributed by atoms with Gasteiger partial charge in [-0.1, -0.05) is 0 Å². The second-order valence-electron chi connectivity index (χ2n) is 7.70. The van der Waals surface area contributed by atoms with E-state index in [0.717, 1.165) is 37.4 Å². The third-order valence-corrected chi connectivity index (χ3v) is 5.50. The van der Waals surface area contributed by atoms with Gasteiger partial charge >= 0.3 is 0 Å². The number of aromatic nitrogens is 2. The maximum Gasteiger partial charge on any atom is 0.241 e. The average molecular weight is 330 g/mol. The Bertz CT molecular complexity index is 656. The van der Waals surface area contributed by atoms with Gasteiger partial charge in [-0.2, -0.15) is 0 Å². The van der Waals surface area contributed by atoms with E-state index in [9.17, 15) is 9.59 Å². The Kier molecular flexibility index (Phi) is 3.85. The fourth-order valence-corrected chi connectivity index (χ4v) is 3.90. The van der Waals surface area contributed by atoms with Crippen LogP contribution in [0.15, 0.2) is 6.33 Å². The molecule has 6 nitrogen and oxygen atoms in total. The molecule has 4 rings (SSSR count). The lowest BCUT2D eigenvalue weighted by Gasteiger charge is -2.33. The normalized spacial score (nSPS) is 24.0. The predicted octanol–water partition coefficient (Wildman–Crippen LogP) is 2.00. The highest BCUT2D eigenvalue weighted by molar-refractivity contribution is 6.09. The molecular weight excluding hydrogens is 304 g/mol. The second kappa shape index (κ2) is 5.90. The smallest absolute Gasteiger partial charge is 0.241 e. The first-order chi connectivity index (χ1) is 11.6. The Hall–Kier alpha value is -1.85. The zero-order valence-electron chi connectivity index (χ0n) is 14.6. The molecule has 2 fully saturated rings. The number of anilines is 1. The fourth-order valence-electron chi connectivity index (χ4n) is 3.90. The largest absolute Gasteiger partial charge is 0.342 e. The molecule has 3 heterocycles. The van der Waals surface area contributed by atoms with Crippen molar-refractivity contribution in [3.05, 3.63) is 12.0 Å². The van der Waals surface area contributed by atoms with Crippen LogP contribution in [0.4, 0.5) is 5.82 Å². The van der Waals surface area contributed by atoms with E-state index in [2.05, 4.69) is 23.4 Å². The van der Waals surface area contributed by atoms with Gasteiger partial charge in [-0.15, -0.1) is 0 Å². The molecule has 3 aliphatic rings. The third kappa shape index (κ3) is 2.62. The van der Waals surface area contributed by atoms with Gasteiger partial charge < -0.3 is 9.47 Å². The highest BCUT2D eigenvalue weighted by atomic mass is 16.2. The number of imidazole rings is 1. The molecule has 0 aromatic carbocycles. The van der Waals surface area contributed by atoms with Gasteiger partial charge in [0.15, 0.2) is 5.82 Å². The molecule has 0 spiro atoms. The number of carbonyl (C=O) groups excluding carboxylic acids is 2. The third-order valence-electron chi connectivity index (χ3n) is 5.50. The quantitative estimate of drug-likeness (QED) is 0.794. The lowest BCUT2D eigenvalue weighted by Crippen LogP contribution is -2.49. The van der Waals surface area contributed by atoms with Gasteiger partial charge in [-0.3, -0.25) is 14.5 Å². The van der Waals surface area contributed by atoms with E-state index in [1.165, 1.54) is 12.8 Å². The summed E-state index contributed by atoms with van der Waals surface area (Å²) in [4.78, 5) is 34.2. The number of hydrogen-bond acceptors (Lipinski definition) is 3. The van der Waals surface area contributed by atoms with Crippen LogP contribution in [0.1, 0.15) is 51.3 Å². The van der Waals surface area contributed by atoms with Crippen LogP contribution in [-0.4, -0.2) is 45.9 Å². The van der Waals surface area contributed by atoms with Gasteiger partial charge in [-0.25, -0.2) is 4.98 Å². The van der Waals surface area contributed by atoms with Crippen molar-refractivity contribution in [3.8, 4) is 0 Å². The molecule has 2 amide bonds. The van der Waals surface area contributed by atoms with Gasteiger partial charge in [-0.05, 0) is 45.4 Å². The summed E-state index contributed by atoms with van der Waals surface area (Å²) in [6.45, 7) is 6.52. The molecule has 0 N–H and O–H groups in total. The van der Waals surface area contributed by atoms with Crippen molar-refractivity contribution in [1.29, 1.82) is 0 Å². The van der Waals surface area contributed by atoms with Crippen molar-refractivity contribution in [3.63, 3.8) is 0 Å². The summed E-state index contributed by atoms with van der Waals surface area (Å²) in [5.74, 6) is 0.766. The average Bonchev–Trinajstić information content (AvgIpc) is 3.04. The van der Waals surface area contributed by atoms with Crippen LogP contribution < -0.4 is 4.90 Å². The van der Waals surface area contributed by atoms with Gasteiger partial charge in [0.05, 0.1) is 12.0 Å². The van der Waals surface area contributed by atoms with Crippen molar-refractivity contribution in [2.45, 2.75) is 52.0 Å². The van der Waals surface area contributed by atoms with Crippen molar-refractivity contribution in [2.24, 2.45) is 11.8 Å². The van der Waals surface area contributed by atoms with E-state index < -0.39 is 5.92 Å². The molecule has 1 saturated heterocycles. The maximum absolute atomic E-state index is 13.1. The fraction of sp³-hybridized carbons (Fsp3) is 0.722. The lowest BCUT2D eigenvalue weighted by molar-refractivity contribution is -0.140. The molecule has 0 bridgehead atoms. The van der Waals surface area contributed by atoms with E-state index in [4.69, 9.17) is 0 Å². The maximum atomic E-state index is 13.1. The number of hydrogen-bond donors (Lipinski definition) is 0. The lowest BCUT2D eigenvalue weighted by atomic mass is 9.95. The Morgan fingerprint density at radius 2 is 2.00 bits per heavy atom. The van der Waals surface area contributed by atoms with E-state index in [-0.39, 0.29) is 17.9 Å². The number of carbonyl (C=O) groups is 2. The first-order valence-electron chi connectivity index (χ1n) is 9.22. The molecule has 0 unspecified atom stereocenters. The first-order valence-corrected chi connectivity index (χ1v) is 9.22. The molecule has 1 atom stereocenters. The standard InChI is InChI=1S/C18H26N4O2/c1-12(2)22-11-19-16-15(22)9-14(17(23)20-7-3-4-8-20)18(24)21(16)10-13-5-6-13/h11-14H,3-10H2,1-2H3/t14-/m0/s1. The van der Waals surface area contributed by atoms with Crippen molar-refractivity contribution < 1.29 is 9.59 Å². The number of rotatable bonds is 4. The minimum Gasteiger partial charge on any atom is -0.342 e. The van der Waals surface area contributed by atoms with Crippen molar-refractivity contribution in [1.82, 2.24) is 14.5 Å². The summed E-state index contributed by atoms with van der Waals surface area (Å²) in [7, 11) is 0. The molecule has 2 aliphatic heterocycles. The Morgan fingerprint density at radius 3 is 2.62 bits per heavy atom. The van der Waals surface area contributed by atoms with E-state index in [0.29, 0.717) is 18.9 Å². The minimum atomic E-state index is -0.566. The van der Waals surface area contributed by atoms with Crippen LogP contribution in [0.2, 0.25) is 0 Å². The van der Waals surface area contributed by atoms with Gasteiger partial charge in [0.2, 0.25) is 11.8 Å². The molecule has 0 radical (unpaired) electrons. The van der Waals surface area contributed by atoms with Gasteiger partial charge in [0.1, 0.15) is 5.92 Å². The highest BCUT2D eigenvalue weighted by Crippen LogP contribution is 2.37. The molecule has 130 valence electrons. The molecule has 6 heteroatoms. The summed E-state index contributed by atoms with van der Waals surface area (Å²) in [5, 5.41) is 0. The molecule has 1 saturated carbocycles. The van der Waals surface area contributed by atoms with E-state index in [1.807, 2.05) is 11.2 Å². The molecule has 1 aromatic heterocycles. The van der Waals surface area contributed by atoms with Gasteiger partial charge in [0, 0.05) is 32.1 Å². The van der Waals surface area contributed by atoms with E-state index in [1.54, 1.807) is 4.90 Å². The number of likely N-dealkylation sites (tertiary alicyclic amines) is 1. The SMILES string of the molecule is CC(C)n1cnc2c1C[C@@H](C(=O)N1CCCC1)C(=O)N2CC1CC1. The number of nitrogens with zero attached hydrogens (tertiary/aromatic N) is 4. The summed E-state index contributed by atoms with van der Waals surface area (Å²) < 4.78 is 2.12. The van der Waals surface area contributed by atoms with Crippen LogP contribution in [0, 0.1) is 11.8 Å². The minimum absolute atomic E-state index is 0.0143. The topological polar surface area (TPSA) is 58.4 Å². The van der Waals surface area contributed by atoms with Crippen molar-refractivity contribution >= 4 is 17.6 Å². The summed E-state index contributed by atoms with van der Waals surface area (Å²) in [6, 6.07) is 0.278. The van der Waals surface area contributed by atoms with Crippen LogP contribution in [0.25, 0.3) is 0 Å². The zero-order valence-corrected chi connectivity index (χ0v) is 14.6. The van der Waals surface area contributed by atoms with Crippen LogP contribution in [-0.2, 0) is 16.0 Å². The molecule has 1 aromatic rings. The monoisotopic (exact) mass is 330 g/mol. The Labute approximate surface area is 142 Å². The van der Waals surface area contributed by atoms with E-state index >= 15 is 0 Å². The molecule has 24 heavy (non-hydrogen) atoms. The Balaban J connectivity index is 1.67. The van der Waals surface area contributed by atoms with Gasteiger partial charge in [0.25, 0.3) is 0 Å². The summed E-state index contributed by atoms with van der Waals surface area (Å²) in [6.07, 6.45) is 6.76. The molecular formula is C18H26N4O2. The number of fused-ring (bicyclic) bond motifs is 1. The van der Waals surface area contributed by atoms with Crippen LogP contribution in [0.5, 0.6) is 0 Å². The van der Waals surface area contributed by atoms with Crippen LogP contribution >= 0.6 is 0 Å². The highest BCUT2D eigenvalue weighted by Gasteiger charge is 2.43. The zero-order chi connectivity index (χ0) is 16.8. The van der Waals surface area contributed by atoms with Crippen LogP contribution in [0.3, 0.4) is 0 Å².